The van der Waals surface area contributed by atoms with Gasteiger partial charge in [-0.1, -0.05) is 0 Å². The predicted molar refractivity (Wildman–Crippen MR) is 58.9 cm³/mol. The highest BCUT2D eigenvalue weighted by Gasteiger charge is 2.23. The first-order chi connectivity index (χ1) is 7.49. The van der Waals surface area contributed by atoms with Gasteiger partial charge in [0.25, 0.3) is 0 Å². The molecule has 0 aliphatic carbocycles. The van der Waals surface area contributed by atoms with Crippen molar-refractivity contribution in [3.05, 3.63) is 0 Å². The molecule has 6 nitrogen and oxygen atoms in total. The van der Waals surface area contributed by atoms with Crippen molar-refractivity contribution < 1.29 is 14.7 Å². The molecule has 4 N–H and O–H groups in total. The van der Waals surface area contributed by atoms with Crippen LogP contribution < -0.4 is 11.1 Å². The van der Waals surface area contributed by atoms with Crippen LogP contribution >= 0.6 is 0 Å². The van der Waals surface area contributed by atoms with Gasteiger partial charge in [0.1, 0.15) is 0 Å². The van der Waals surface area contributed by atoms with Crippen molar-refractivity contribution in [1.82, 2.24) is 10.2 Å². The molecule has 16 heavy (non-hydrogen) atoms. The van der Waals surface area contributed by atoms with E-state index in [1.807, 2.05) is 7.05 Å². The molecule has 0 aromatic rings. The van der Waals surface area contributed by atoms with Gasteiger partial charge in [-0.05, 0) is 26.4 Å². The number of carbonyl (C=O) groups is 2. The number of likely N-dealkylation sites (N-methyl/N-ethyl adjacent to an activating group) is 1. The Balaban J connectivity index is 2.35. The quantitative estimate of drug-likeness (QED) is 0.574. The van der Waals surface area contributed by atoms with Gasteiger partial charge in [-0.3, -0.25) is 9.59 Å². The number of nitrogens with two attached hydrogens (primary N) is 1. The van der Waals surface area contributed by atoms with Gasteiger partial charge in [0.15, 0.2) is 0 Å². The highest BCUT2D eigenvalue weighted by atomic mass is 16.4. The molecule has 0 bridgehead atoms. The van der Waals surface area contributed by atoms with E-state index in [0.29, 0.717) is 0 Å². The number of aliphatic carboxylic acids is 1. The predicted octanol–water partition coefficient (Wildman–Crippen LogP) is -1.00. The second-order valence-corrected chi connectivity index (χ2v) is 4.31. The minimum absolute atomic E-state index is 0.0890. The average molecular weight is 229 g/mol. The lowest BCUT2D eigenvalue weighted by atomic mass is 10.1. The lowest BCUT2D eigenvalue weighted by molar-refractivity contribution is -0.139. The molecule has 0 saturated carbocycles. The normalized spacial score (nSPS) is 23.8. The molecule has 92 valence electrons. The largest absolute Gasteiger partial charge is 0.481 e. The second kappa shape index (κ2) is 5.81. The molecule has 1 saturated heterocycles. The molecule has 0 aromatic carbocycles. The average Bonchev–Trinajstić information content (AvgIpc) is 2.16. The second-order valence-electron chi connectivity index (χ2n) is 4.31. The minimum Gasteiger partial charge on any atom is -0.481 e. The summed E-state index contributed by atoms with van der Waals surface area (Å²) >= 11 is 0. The Labute approximate surface area is 94.8 Å². The Morgan fingerprint density at radius 2 is 2.31 bits per heavy atom. The maximum Gasteiger partial charge on any atom is 0.305 e. The summed E-state index contributed by atoms with van der Waals surface area (Å²) in [6.07, 6.45) is 1.64. The lowest BCUT2D eigenvalue weighted by Crippen LogP contribution is -2.51. The molecule has 1 aliphatic heterocycles. The molecule has 0 spiro atoms. The van der Waals surface area contributed by atoms with Crippen LogP contribution in [0.1, 0.15) is 19.3 Å². The molecule has 0 radical (unpaired) electrons. The van der Waals surface area contributed by atoms with Gasteiger partial charge < -0.3 is 21.1 Å². The molecule has 2 atom stereocenters. The number of hydrogen-bond acceptors (Lipinski definition) is 4. The number of piperidine rings is 1. The summed E-state index contributed by atoms with van der Waals surface area (Å²) in [5, 5.41) is 11.3. The number of nitrogens with one attached hydrogen (secondary N) is 1. The molecule has 1 amide bonds. The van der Waals surface area contributed by atoms with E-state index in [1.54, 1.807) is 0 Å². The molecule has 2 unspecified atom stereocenters. The summed E-state index contributed by atoms with van der Waals surface area (Å²) in [4.78, 5) is 24.1. The monoisotopic (exact) mass is 229 g/mol. The third-order valence-corrected chi connectivity index (χ3v) is 2.70. The molecular formula is C10H19N3O3. The van der Waals surface area contributed by atoms with E-state index in [2.05, 4.69) is 10.2 Å². The number of carbonyl (C=O) groups excluding carboxylic acids is 1. The van der Waals surface area contributed by atoms with E-state index in [0.717, 1.165) is 25.9 Å². The zero-order valence-corrected chi connectivity index (χ0v) is 9.48. The Kier molecular flexibility index (Phi) is 4.70. The standard InChI is InChI=1S/C10H19N3O3/c1-13-4-2-3-7(6-13)12-10(16)8(11)5-9(14)15/h7-8H,2-6,11H2,1H3,(H,12,16)(H,14,15). The molecule has 1 heterocycles. The fourth-order valence-corrected chi connectivity index (χ4v) is 1.87. The number of likely N-dealkylation sites (tertiary alicyclic amines) is 1. The Morgan fingerprint density at radius 3 is 2.88 bits per heavy atom. The van der Waals surface area contributed by atoms with Crippen LogP contribution in [0, 0.1) is 0 Å². The van der Waals surface area contributed by atoms with Crippen molar-refractivity contribution in [3.63, 3.8) is 0 Å². The van der Waals surface area contributed by atoms with Crippen LogP contribution in [0.5, 0.6) is 0 Å². The first-order valence-corrected chi connectivity index (χ1v) is 5.45. The van der Waals surface area contributed by atoms with Crippen molar-refractivity contribution in [1.29, 1.82) is 0 Å². The van der Waals surface area contributed by atoms with Crippen LogP contribution in [0.2, 0.25) is 0 Å². The third kappa shape index (κ3) is 4.16. The van der Waals surface area contributed by atoms with Crippen LogP contribution in [0.4, 0.5) is 0 Å². The van der Waals surface area contributed by atoms with Crippen LogP contribution in [-0.4, -0.2) is 54.1 Å². The SMILES string of the molecule is CN1CCCC(NC(=O)C(N)CC(=O)O)C1. The fourth-order valence-electron chi connectivity index (χ4n) is 1.87. The van der Waals surface area contributed by atoms with Gasteiger partial charge >= 0.3 is 5.97 Å². The summed E-state index contributed by atoms with van der Waals surface area (Å²) in [6, 6.07) is -0.865. The summed E-state index contributed by atoms with van der Waals surface area (Å²) in [5.41, 5.74) is 5.46. The number of nitrogens with zero attached hydrogens (tertiary/aromatic N) is 1. The van der Waals surface area contributed by atoms with Crippen LogP contribution in [0.25, 0.3) is 0 Å². The Hall–Kier alpha value is -1.14. The molecule has 1 fully saturated rings. The van der Waals surface area contributed by atoms with Crippen molar-refractivity contribution in [3.8, 4) is 0 Å². The number of carboxylic acid groups (broad SMARTS) is 1. The molecule has 1 aliphatic rings. The zero-order valence-electron chi connectivity index (χ0n) is 9.48. The zero-order chi connectivity index (χ0) is 12.1. The van der Waals surface area contributed by atoms with Gasteiger partial charge in [0.2, 0.25) is 5.91 Å². The molecule has 6 heteroatoms. The summed E-state index contributed by atoms with van der Waals surface area (Å²) in [5.74, 6) is -1.42. The van der Waals surface area contributed by atoms with Gasteiger partial charge in [-0.25, -0.2) is 0 Å². The first kappa shape index (κ1) is 12.9. The topological polar surface area (TPSA) is 95.7 Å². The van der Waals surface area contributed by atoms with Gasteiger partial charge in [-0.2, -0.15) is 0 Å². The fraction of sp³-hybridized carbons (Fsp3) is 0.800. The van der Waals surface area contributed by atoms with E-state index in [4.69, 9.17) is 10.8 Å². The van der Waals surface area contributed by atoms with E-state index in [1.165, 1.54) is 0 Å². The van der Waals surface area contributed by atoms with Crippen LogP contribution in [0.3, 0.4) is 0 Å². The highest BCUT2D eigenvalue weighted by Crippen LogP contribution is 2.08. The van der Waals surface area contributed by atoms with Crippen molar-refractivity contribution in [2.45, 2.75) is 31.3 Å². The van der Waals surface area contributed by atoms with E-state index >= 15 is 0 Å². The summed E-state index contributed by atoms with van der Waals surface area (Å²) < 4.78 is 0. The van der Waals surface area contributed by atoms with Crippen LogP contribution in [0.15, 0.2) is 0 Å². The Bertz CT molecular complexity index is 270. The number of carboxylic acids is 1. The third-order valence-electron chi connectivity index (χ3n) is 2.70. The smallest absolute Gasteiger partial charge is 0.305 e. The van der Waals surface area contributed by atoms with Gasteiger partial charge in [0, 0.05) is 12.6 Å². The number of rotatable bonds is 4. The first-order valence-electron chi connectivity index (χ1n) is 5.45. The number of hydrogen-bond donors (Lipinski definition) is 3. The molecule has 1 rings (SSSR count). The maximum atomic E-state index is 11.5. The summed E-state index contributed by atoms with van der Waals surface area (Å²) in [6.45, 7) is 1.83. The van der Waals surface area contributed by atoms with E-state index in [-0.39, 0.29) is 18.4 Å². The van der Waals surface area contributed by atoms with E-state index in [9.17, 15) is 9.59 Å². The van der Waals surface area contributed by atoms with Crippen molar-refractivity contribution in [2.24, 2.45) is 5.73 Å². The van der Waals surface area contributed by atoms with Crippen molar-refractivity contribution in [2.75, 3.05) is 20.1 Å². The lowest BCUT2D eigenvalue weighted by Gasteiger charge is -2.30. The highest BCUT2D eigenvalue weighted by molar-refractivity contribution is 5.86. The van der Waals surface area contributed by atoms with Gasteiger partial charge in [0.05, 0.1) is 12.5 Å². The molecular weight excluding hydrogens is 210 g/mol. The van der Waals surface area contributed by atoms with Gasteiger partial charge in [-0.15, -0.1) is 0 Å². The van der Waals surface area contributed by atoms with Crippen molar-refractivity contribution >= 4 is 11.9 Å². The Morgan fingerprint density at radius 1 is 1.62 bits per heavy atom. The molecule has 0 aromatic heterocycles. The van der Waals surface area contributed by atoms with E-state index < -0.39 is 12.0 Å². The summed E-state index contributed by atoms with van der Waals surface area (Å²) in [7, 11) is 2.00. The van der Waals surface area contributed by atoms with Crippen LogP contribution in [-0.2, 0) is 9.59 Å². The maximum absolute atomic E-state index is 11.5. The minimum atomic E-state index is -1.05. The number of amides is 1.